The minimum Gasteiger partial charge on any atom is -0.497 e. The number of Topliss-reactive ketones (excluding diaryl/α,β-unsaturated/α-hetero) is 1. The van der Waals surface area contributed by atoms with Crippen LogP contribution >= 0.6 is 0 Å². The molecule has 2 fully saturated rings. The number of hydrogen-bond acceptors (Lipinski definition) is 5. The van der Waals surface area contributed by atoms with Gasteiger partial charge in [-0.3, -0.25) is 14.4 Å². The first kappa shape index (κ1) is 23.4. The van der Waals surface area contributed by atoms with Crippen LogP contribution in [0, 0.1) is 5.92 Å². The van der Waals surface area contributed by atoms with E-state index >= 15 is 0 Å². The summed E-state index contributed by atoms with van der Waals surface area (Å²) in [5.74, 6) is 0.726. The van der Waals surface area contributed by atoms with E-state index in [2.05, 4.69) is 19.1 Å². The summed E-state index contributed by atoms with van der Waals surface area (Å²) in [6, 6.07) is 13.3. The van der Waals surface area contributed by atoms with Crippen molar-refractivity contribution in [3.63, 3.8) is 0 Å². The van der Waals surface area contributed by atoms with Gasteiger partial charge < -0.3 is 19.3 Å². The van der Waals surface area contributed by atoms with E-state index < -0.39 is 5.60 Å². The van der Waals surface area contributed by atoms with Crippen LogP contribution in [0.1, 0.15) is 54.9 Å². The van der Waals surface area contributed by atoms with Crippen molar-refractivity contribution in [3.05, 3.63) is 53.6 Å². The molecule has 2 unspecified atom stereocenters. The Morgan fingerprint density at radius 3 is 2.71 bits per heavy atom. The fraction of sp³-hybridized carbons (Fsp3) is 0.464. The molecule has 35 heavy (non-hydrogen) atoms. The Hall–Kier alpha value is -3.35. The molecule has 2 amide bonds. The average molecular weight is 477 g/mol. The third kappa shape index (κ3) is 4.51. The van der Waals surface area contributed by atoms with E-state index in [0.29, 0.717) is 43.1 Å². The number of methoxy groups -OCH3 is 1. The summed E-state index contributed by atoms with van der Waals surface area (Å²) in [5.41, 5.74) is 1.93. The number of nitrogens with zero attached hydrogens (tertiary/aromatic N) is 2. The highest BCUT2D eigenvalue weighted by atomic mass is 16.5. The van der Waals surface area contributed by atoms with Gasteiger partial charge in [-0.15, -0.1) is 0 Å². The Labute approximate surface area is 206 Å². The molecule has 184 valence electrons. The summed E-state index contributed by atoms with van der Waals surface area (Å²) in [7, 11) is 1.56. The summed E-state index contributed by atoms with van der Waals surface area (Å²) in [6.07, 6.45) is 4.36. The summed E-state index contributed by atoms with van der Waals surface area (Å²) >= 11 is 0. The second-order valence-corrected chi connectivity index (χ2v) is 9.93. The molecule has 2 aromatic carbocycles. The van der Waals surface area contributed by atoms with Gasteiger partial charge >= 0.3 is 0 Å². The van der Waals surface area contributed by atoms with Crippen molar-refractivity contribution in [1.82, 2.24) is 4.90 Å². The molecule has 0 radical (unpaired) electrons. The smallest absolute Gasteiger partial charge is 0.228 e. The molecule has 7 heteroatoms. The van der Waals surface area contributed by atoms with Crippen LogP contribution in [-0.2, 0) is 16.0 Å². The first-order chi connectivity index (χ1) is 16.9. The van der Waals surface area contributed by atoms with E-state index in [1.54, 1.807) is 35.1 Å². The van der Waals surface area contributed by atoms with E-state index in [4.69, 9.17) is 9.47 Å². The maximum atomic E-state index is 13.4. The Kier molecular flexibility index (Phi) is 6.26. The van der Waals surface area contributed by atoms with Gasteiger partial charge in [0.2, 0.25) is 11.8 Å². The minimum atomic E-state index is -0.703. The van der Waals surface area contributed by atoms with Gasteiger partial charge in [0.15, 0.2) is 5.78 Å². The standard InChI is InChI=1S/C28H32N2O5/c1-3-4-5-19-6-8-21(9-7-19)30-17-20(14-26(30)32)27(33)29-13-12-28(18-29)16-24(31)23-15-22(34-2)10-11-25(23)35-28/h6-11,15,20H,3-5,12-14,16-18H2,1-2H3. The van der Waals surface area contributed by atoms with Crippen molar-refractivity contribution in [3.8, 4) is 11.5 Å². The minimum absolute atomic E-state index is 0.00375. The number of ether oxygens (including phenoxy) is 2. The molecule has 2 atom stereocenters. The van der Waals surface area contributed by atoms with Crippen LogP contribution in [0.25, 0.3) is 0 Å². The molecule has 2 aromatic rings. The highest BCUT2D eigenvalue weighted by Crippen LogP contribution is 2.40. The summed E-state index contributed by atoms with van der Waals surface area (Å²) in [4.78, 5) is 42.5. The average Bonchev–Trinajstić information content (AvgIpc) is 3.46. The fourth-order valence-electron chi connectivity index (χ4n) is 5.46. The van der Waals surface area contributed by atoms with Gasteiger partial charge in [0.1, 0.15) is 17.1 Å². The Morgan fingerprint density at radius 1 is 1.17 bits per heavy atom. The Morgan fingerprint density at radius 2 is 1.97 bits per heavy atom. The van der Waals surface area contributed by atoms with Gasteiger partial charge in [0, 0.05) is 31.6 Å². The molecule has 3 heterocycles. The van der Waals surface area contributed by atoms with Crippen molar-refractivity contribution in [2.75, 3.05) is 31.6 Å². The molecule has 0 saturated carbocycles. The zero-order valence-corrected chi connectivity index (χ0v) is 20.4. The van der Waals surface area contributed by atoms with Crippen LogP contribution in [0.4, 0.5) is 5.69 Å². The molecule has 0 aliphatic carbocycles. The Bertz CT molecular complexity index is 1140. The number of fused-ring (bicyclic) bond motifs is 1. The van der Waals surface area contributed by atoms with Crippen molar-refractivity contribution < 1.29 is 23.9 Å². The van der Waals surface area contributed by atoms with Gasteiger partial charge in [0.25, 0.3) is 0 Å². The zero-order chi connectivity index (χ0) is 24.6. The molecular weight excluding hydrogens is 444 g/mol. The third-order valence-corrected chi connectivity index (χ3v) is 7.47. The lowest BCUT2D eigenvalue weighted by Gasteiger charge is -2.35. The first-order valence-corrected chi connectivity index (χ1v) is 12.5. The fourth-order valence-corrected chi connectivity index (χ4v) is 5.46. The normalized spacial score (nSPS) is 23.5. The SMILES string of the molecule is CCCCc1ccc(N2CC(C(=O)N3CCC4(CC(=O)c5cc(OC)ccc5O4)C3)CC2=O)cc1. The second kappa shape index (κ2) is 9.36. The van der Waals surface area contributed by atoms with Crippen LogP contribution in [0.5, 0.6) is 11.5 Å². The van der Waals surface area contributed by atoms with Gasteiger partial charge in [-0.05, 0) is 48.7 Å². The number of hydrogen-bond donors (Lipinski definition) is 0. The number of likely N-dealkylation sites (tertiary alicyclic amines) is 1. The van der Waals surface area contributed by atoms with Crippen LogP contribution in [0.3, 0.4) is 0 Å². The van der Waals surface area contributed by atoms with Crippen LogP contribution in [0.2, 0.25) is 0 Å². The molecule has 5 rings (SSSR count). The van der Waals surface area contributed by atoms with E-state index in [0.717, 1.165) is 24.9 Å². The maximum absolute atomic E-state index is 13.4. The summed E-state index contributed by atoms with van der Waals surface area (Å²) in [6.45, 7) is 3.44. The van der Waals surface area contributed by atoms with E-state index in [1.807, 2.05) is 12.1 Å². The number of aryl methyl sites for hydroxylation is 1. The van der Waals surface area contributed by atoms with Crippen molar-refractivity contribution in [1.29, 1.82) is 0 Å². The Balaban J connectivity index is 1.24. The summed E-state index contributed by atoms with van der Waals surface area (Å²) < 4.78 is 11.5. The van der Waals surface area contributed by atoms with Crippen LogP contribution < -0.4 is 14.4 Å². The van der Waals surface area contributed by atoms with Crippen molar-refractivity contribution >= 4 is 23.3 Å². The lowest BCUT2D eigenvalue weighted by atomic mass is 9.89. The molecule has 3 aliphatic heterocycles. The van der Waals surface area contributed by atoms with Crippen molar-refractivity contribution in [2.24, 2.45) is 5.92 Å². The monoisotopic (exact) mass is 476 g/mol. The number of benzene rings is 2. The lowest BCUT2D eigenvalue weighted by Crippen LogP contribution is -2.46. The molecule has 2 saturated heterocycles. The number of ketones is 1. The van der Waals surface area contributed by atoms with Gasteiger partial charge in [0.05, 0.1) is 31.6 Å². The zero-order valence-electron chi connectivity index (χ0n) is 20.4. The third-order valence-electron chi connectivity index (χ3n) is 7.47. The first-order valence-electron chi connectivity index (χ1n) is 12.5. The maximum Gasteiger partial charge on any atom is 0.228 e. The number of unbranched alkanes of at least 4 members (excludes halogenated alkanes) is 1. The van der Waals surface area contributed by atoms with E-state index in [9.17, 15) is 14.4 Å². The summed E-state index contributed by atoms with van der Waals surface area (Å²) in [5, 5.41) is 0. The van der Waals surface area contributed by atoms with Crippen molar-refractivity contribution in [2.45, 2.75) is 51.0 Å². The largest absolute Gasteiger partial charge is 0.497 e. The molecule has 3 aliphatic rings. The van der Waals surface area contributed by atoms with Crippen LogP contribution in [-0.4, -0.2) is 54.8 Å². The van der Waals surface area contributed by atoms with Gasteiger partial charge in [-0.1, -0.05) is 25.5 Å². The molecule has 1 spiro atoms. The number of carbonyl (C=O) groups excluding carboxylic acids is 3. The highest BCUT2D eigenvalue weighted by Gasteiger charge is 2.49. The van der Waals surface area contributed by atoms with Gasteiger partial charge in [-0.25, -0.2) is 0 Å². The molecule has 0 bridgehead atoms. The predicted octanol–water partition coefficient (Wildman–Crippen LogP) is 4.03. The second-order valence-electron chi connectivity index (χ2n) is 9.93. The molecule has 0 aromatic heterocycles. The quantitative estimate of drug-likeness (QED) is 0.629. The topological polar surface area (TPSA) is 76.2 Å². The molecular formula is C28H32N2O5. The predicted molar refractivity (Wildman–Crippen MR) is 132 cm³/mol. The number of anilines is 1. The molecule has 0 N–H and O–H groups in total. The van der Waals surface area contributed by atoms with E-state index in [-0.39, 0.29) is 36.4 Å². The van der Waals surface area contributed by atoms with Crippen LogP contribution in [0.15, 0.2) is 42.5 Å². The highest BCUT2D eigenvalue weighted by molar-refractivity contribution is 6.02. The van der Waals surface area contributed by atoms with Gasteiger partial charge in [-0.2, -0.15) is 0 Å². The molecule has 7 nitrogen and oxygen atoms in total. The number of carbonyl (C=O) groups is 3. The number of rotatable bonds is 6. The van der Waals surface area contributed by atoms with E-state index in [1.165, 1.54) is 5.56 Å². The number of amides is 2. The lowest BCUT2D eigenvalue weighted by molar-refractivity contribution is -0.135.